The molecule has 5 heteroatoms. The lowest BCUT2D eigenvalue weighted by Crippen LogP contribution is -2.08. The lowest BCUT2D eigenvalue weighted by molar-refractivity contribution is -0.141. The number of aliphatic hydroxyl groups is 1. The molecule has 1 N–H and O–H groups in total. The van der Waals surface area contributed by atoms with Gasteiger partial charge in [0, 0.05) is 29.4 Å². The van der Waals surface area contributed by atoms with E-state index in [9.17, 15) is 14.7 Å². The van der Waals surface area contributed by atoms with Crippen molar-refractivity contribution in [3.05, 3.63) is 60.0 Å². The van der Waals surface area contributed by atoms with E-state index in [1.165, 1.54) is 6.08 Å². The van der Waals surface area contributed by atoms with Crippen LogP contribution in [0.15, 0.2) is 54.4 Å². The van der Waals surface area contributed by atoms with Crippen LogP contribution in [0.3, 0.4) is 0 Å². The van der Waals surface area contributed by atoms with E-state index >= 15 is 0 Å². The van der Waals surface area contributed by atoms with E-state index in [1.807, 2.05) is 54.2 Å². The van der Waals surface area contributed by atoms with Crippen LogP contribution in [0.1, 0.15) is 19.4 Å². The molecule has 0 aliphatic heterocycles. The topological polar surface area (TPSA) is 68.5 Å². The summed E-state index contributed by atoms with van der Waals surface area (Å²) in [4.78, 5) is 23.1. The highest BCUT2D eigenvalue weighted by Gasteiger charge is 2.09. The predicted octanol–water partition coefficient (Wildman–Crippen LogP) is 3.72. The molecule has 2 rings (SSSR count). The second kappa shape index (κ2) is 7.97. The van der Waals surface area contributed by atoms with Gasteiger partial charge in [0.1, 0.15) is 0 Å². The van der Waals surface area contributed by atoms with Crippen LogP contribution in [0.5, 0.6) is 0 Å². The Labute approximate surface area is 140 Å². The summed E-state index contributed by atoms with van der Waals surface area (Å²) in [6, 6.07) is 7.82. The Hall–Kier alpha value is -3.08. The first-order valence-corrected chi connectivity index (χ1v) is 7.59. The van der Waals surface area contributed by atoms with Gasteiger partial charge in [-0.2, -0.15) is 0 Å². The molecular formula is C19H19NO4. The molecule has 1 heterocycles. The van der Waals surface area contributed by atoms with Gasteiger partial charge in [0.15, 0.2) is 5.78 Å². The number of hydrogen-bond donors (Lipinski definition) is 1. The minimum absolute atomic E-state index is 0.130. The van der Waals surface area contributed by atoms with Crippen LogP contribution in [-0.2, 0) is 14.3 Å². The number of esters is 1. The Bertz CT molecular complexity index is 840. The zero-order valence-electron chi connectivity index (χ0n) is 13.6. The summed E-state index contributed by atoms with van der Waals surface area (Å²) >= 11 is 0. The molecular weight excluding hydrogens is 306 g/mol. The third kappa shape index (κ3) is 4.01. The third-order valence-electron chi connectivity index (χ3n) is 3.27. The normalized spacial score (nSPS) is 12.3. The molecule has 0 unspecified atom stereocenters. The van der Waals surface area contributed by atoms with Crippen molar-refractivity contribution in [3.63, 3.8) is 0 Å². The number of aliphatic hydroxyl groups excluding tert-OH is 1. The lowest BCUT2D eigenvalue weighted by Gasteiger charge is -1.98. The molecule has 1 aromatic heterocycles. The Balaban J connectivity index is 2.26. The number of hydrogen-bond acceptors (Lipinski definition) is 4. The van der Waals surface area contributed by atoms with Gasteiger partial charge in [-0.1, -0.05) is 24.3 Å². The van der Waals surface area contributed by atoms with Crippen LogP contribution in [0, 0.1) is 0 Å². The molecule has 0 radical (unpaired) electrons. The van der Waals surface area contributed by atoms with Crippen molar-refractivity contribution in [2.75, 3.05) is 6.61 Å². The molecule has 2 aromatic rings. The van der Waals surface area contributed by atoms with Gasteiger partial charge in [0.25, 0.3) is 0 Å². The van der Waals surface area contributed by atoms with Gasteiger partial charge in [-0.15, -0.1) is 0 Å². The molecule has 124 valence electrons. The molecule has 0 atom stereocenters. The number of fused-ring (bicyclic) bond motifs is 1. The van der Waals surface area contributed by atoms with E-state index in [1.54, 1.807) is 13.0 Å². The summed E-state index contributed by atoms with van der Waals surface area (Å²) in [6.07, 6.45) is 9.55. The van der Waals surface area contributed by atoms with E-state index in [4.69, 9.17) is 0 Å². The molecule has 5 nitrogen and oxygen atoms in total. The lowest BCUT2D eigenvalue weighted by atomic mass is 10.1. The van der Waals surface area contributed by atoms with Gasteiger partial charge in [-0.25, -0.2) is 4.79 Å². The highest BCUT2D eigenvalue weighted by molar-refractivity contribution is 6.07. The summed E-state index contributed by atoms with van der Waals surface area (Å²) in [5.74, 6) is -2.12. The maximum absolute atomic E-state index is 11.9. The summed E-state index contributed by atoms with van der Waals surface area (Å²) < 4.78 is 6.57. The van der Waals surface area contributed by atoms with Crippen LogP contribution < -0.4 is 0 Å². The van der Waals surface area contributed by atoms with E-state index in [2.05, 4.69) is 4.74 Å². The maximum Gasteiger partial charge on any atom is 0.373 e. The van der Waals surface area contributed by atoms with Crippen molar-refractivity contribution in [1.29, 1.82) is 0 Å². The predicted molar refractivity (Wildman–Crippen MR) is 94.3 cm³/mol. The van der Waals surface area contributed by atoms with Gasteiger partial charge in [-0.3, -0.25) is 4.79 Å². The van der Waals surface area contributed by atoms with E-state index in [-0.39, 0.29) is 6.61 Å². The highest BCUT2D eigenvalue weighted by atomic mass is 16.5. The van der Waals surface area contributed by atoms with Crippen molar-refractivity contribution in [3.8, 4) is 0 Å². The second-order valence-electron chi connectivity index (χ2n) is 4.98. The zero-order chi connectivity index (χ0) is 17.5. The monoisotopic (exact) mass is 325 g/mol. The largest absolute Gasteiger partial charge is 0.502 e. The molecule has 0 aliphatic carbocycles. The number of carbonyl (C=O) groups excluding carboxylic acids is 2. The number of allylic oxidation sites excluding steroid dienone is 3. The Morgan fingerprint density at radius 1 is 1.29 bits per heavy atom. The Morgan fingerprint density at radius 3 is 2.75 bits per heavy atom. The van der Waals surface area contributed by atoms with Crippen molar-refractivity contribution >= 4 is 34.9 Å². The van der Waals surface area contributed by atoms with Gasteiger partial charge in [0.05, 0.1) is 12.1 Å². The number of para-hydroxylation sites is 1. The Morgan fingerprint density at radius 2 is 2.04 bits per heavy atom. The number of benzene rings is 1. The van der Waals surface area contributed by atoms with Crippen molar-refractivity contribution in [2.24, 2.45) is 0 Å². The minimum Gasteiger partial charge on any atom is -0.502 e. The highest BCUT2D eigenvalue weighted by Crippen LogP contribution is 2.22. The summed E-state index contributed by atoms with van der Waals surface area (Å²) in [7, 11) is 0. The van der Waals surface area contributed by atoms with Crippen molar-refractivity contribution in [1.82, 2.24) is 4.57 Å². The molecule has 0 saturated carbocycles. The van der Waals surface area contributed by atoms with Crippen molar-refractivity contribution in [2.45, 2.75) is 13.8 Å². The maximum atomic E-state index is 11.9. The van der Waals surface area contributed by atoms with Crippen LogP contribution >= 0.6 is 0 Å². The standard InChI is InChI=1S/C19H19NO4/c1-3-11-20-13-14(16-7-5-6-8-17(16)20)9-10-15(21)12-18(22)19(23)24-4-2/h3,5-13,22H,4H2,1-2H3/b10-9+,11-3+,18-12-. The molecule has 0 amide bonds. The molecule has 1 aromatic carbocycles. The van der Waals surface area contributed by atoms with Crippen LogP contribution in [0.2, 0.25) is 0 Å². The molecule has 0 saturated heterocycles. The van der Waals surface area contributed by atoms with Gasteiger partial charge < -0.3 is 14.4 Å². The zero-order valence-corrected chi connectivity index (χ0v) is 13.6. The number of nitrogens with zero attached hydrogens (tertiary/aromatic N) is 1. The first-order valence-electron chi connectivity index (χ1n) is 7.59. The average molecular weight is 325 g/mol. The average Bonchev–Trinajstić information content (AvgIpc) is 2.92. The first kappa shape index (κ1) is 17.3. The molecule has 0 spiro atoms. The summed E-state index contributed by atoms with van der Waals surface area (Å²) in [5.41, 5.74) is 1.88. The minimum atomic E-state index is -0.913. The molecule has 0 bridgehead atoms. The summed E-state index contributed by atoms with van der Waals surface area (Å²) in [6.45, 7) is 3.68. The SMILES string of the molecule is C/C=C/n1cc(/C=C/C(=O)/C=C(\O)C(=O)OCC)c2ccccc21. The molecule has 0 fully saturated rings. The van der Waals surface area contributed by atoms with E-state index < -0.39 is 17.5 Å². The number of aromatic nitrogens is 1. The van der Waals surface area contributed by atoms with Crippen molar-refractivity contribution < 1.29 is 19.4 Å². The van der Waals surface area contributed by atoms with Gasteiger partial charge >= 0.3 is 5.97 Å². The number of ether oxygens (including phenoxy) is 1. The second-order valence-corrected chi connectivity index (χ2v) is 4.98. The quantitative estimate of drug-likeness (QED) is 0.499. The van der Waals surface area contributed by atoms with Crippen LogP contribution in [-0.4, -0.2) is 28.0 Å². The smallest absolute Gasteiger partial charge is 0.373 e. The number of ketones is 1. The number of carbonyl (C=O) groups is 2. The number of rotatable bonds is 6. The summed E-state index contributed by atoms with van der Waals surface area (Å²) in [5, 5.41) is 10.5. The fourth-order valence-corrected chi connectivity index (χ4v) is 2.27. The molecule has 24 heavy (non-hydrogen) atoms. The van der Waals surface area contributed by atoms with E-state index in [0.29, 0.717) is 0 Å². The first-order chi connectivity index (χ1) is 11.6. The fraction of sp³-hybridized carbons (Fsp3) is 0.158. The van der Waals surface area contributed by atoms with E-state index in [0.717, 1.165) is 22.5 Å². The van der Waals surface area contributed by atoms with Gasteiger partial charge in [0.2, 0.25) is 5.76 Å². The third-order valence-corrected chi connectivity index (χ3v) is 3.27. The molecule has 0 aliphatic rings. The van der Waals surface area contributed by atoms with Crippen LogP contribution in [0.25, 0.3) is 23.2 Å². The Kier molecular flexibility index (Phi) is 5.73. The van der Waals surface area contributed by atoms with Crippen LogP contribution in [0.4, 0.5) is 0 Å². The fourth-order valence-electron chi connectivity index (χ4n) is 2.27. The van der Waals surface area contributed by atoms with Gasteiger partial charge in [-0.05, 0) is 32.1 Å².